The largest absolute Gasteiger partial charge is 0.508 e. The summed E-state index contributed by atoms with van der Waals surface area (Å²) in [7, 11) is 0. The van der Waals surface area contributed by atoms with Crippen LogP contribution in [-0.4, -0.2) is 84.1 Å². The molecule has 3 saturated heterocycles. The van der Waals surface area contributed by atoms with Crippen molar-refractivity contribution in [2.45, 2.75) is 70.0 Å². The SMILES string of the molecule is C=CCCOCCCN1CCC[C@H]1COc1nc(N2CC3CCC(C2)N3)c2cc(F)c(-c3cc(O)cc4ccc(F)c(CC)c34)c(F)c2n1. The van der Waals surface area contributed by atoms with Crippen molar-refractivity contribution in [2.24, 2.45) is 0 Å². The molecular weight excluding hydrogens is 631 g/mol. The number of ether oxygens (including phenoxy) is 2. The highest BCUT2D eigenvalue weighted by Gasteiger charge is 2.35. The first-order valence-corrected chi connectivity index (χ1v) is 17.5. The van der Waals surface area contributed by atoms with Gasteiger partial charge in [0, 0.05) is 56.4 Å². The molecule has 2 N–H and O–H groups in total. The van der Waals surface area contributed by atoms with Gasteiger partial charge in [0.25, 0.3) is 0 Å². The number of phenols is 1. The molecule has 11 heteroatoms. The number of benzene rings is 3. The van der Waals surface area contributed by atoms with Crippen molar-refractivity contribution in [3.8, 4) is 22.9 Å². The molecule has 3 aliphatic rings. The summed E-state index contributed by atoms with van der Waals surface area (Å²) in [6.07, 6.45) is 7.95. The quantitative estimate of drug-likeness (QED) is 0.117. The Balaban J connectivity index is 1.26. The average Bonchev–Trinajstić information content (AvgIpc) is 3.69. The maximum atomic E-state index is 16.9. The smallest absolute Gasteiger partial charge is 0.319 e. The van der Waals surface area contributed by atoms with Gasteiger partial charge in [0.15, 0.2) is 5.82 Å². The minimum absolute atomic E-state index is 0.0329. The van der Waals surface area contributed by atoms with Crippen molar-refractivity contribution in [3.05, 3.63) is 66.0 Å². The molecule has 49 heavy (non-hydrogen) atoms. The highest BCUT2D eigenvalue weighted by atomic mass is 19.1. The van der Waals surface area contributed by atoms with Crippen LogP contribution in [0, 0.1) is 17.5 Å². The molecule has 3 aliphatic heterocycles. The van der Waals surface area contributed by atoms with Gasteiger partial charge in [-0.15, -0.1) is 6.58 Å². The Kier molecular flexibility index (Phi) is 9.94. The number of nitrogens with one attached hydrogen (secondary N) is 1. The minimum Gasteiger partial charge on any atom is -0.508 e. The zero-order chi connectivity index (χ0) is 34.1. The number of halogens is 3. The van der Waals surface area contributed by atoms with Crippen LogP contribution in [0.15, 0.2) is 43.0 Å². The van der Waals surface area contributed by atoms with E-state index in [9.17, 15) is 5.11 Å². The van der Waals surface area contributed by atoms with Gasteiger partial charge in [0.05, 0.1) is 5.56 Å². The van der Waals surface area contributed by atoms with Crippen LogP contribution in [0.4, 0.5) is 19.0 Å². The van der Waals surface area contributed by atoms with Gasteiger partial charge in [-0.1, -0.05) is 19.1 Å². The molecule has 4 aromatic rings. The highest BCUT2D eigenvalue weighted by molar-refractivity contribution is 6.03. The second-order valence-electron chi connectivity index (χ2n) is 13.5. The fourth-order valence-corrected chi connectivity index (χ4v) is 7.91. The van der Waals surface area contributed by atoms with Crippen LogP contribution in [-0.2, 0) is 11.2 Å². The topological polar surface area (TPSA) is 83.0 Å². The Labute approximate surface area is 284 Å². The molecule has 1 aromatic heterocycles. The van der Waals surface area contributed by atoms with E-state index >= 15 is 13.2 Å². The van der Waals surface area contributed by atoms with Crippen LogP contribution >= 0.6 is 0 Å². The van der Waals surface area contributed by atoms with Gasteiger partial charge in [0.1, 0.15) is 35.3 Å². The minimum atomic E-state index is -0.904. The third-order valence-corrected chi connectivity index (χ3v) is 10.2. The van der Waals surface area contributed by atoms with Crippen LogP contribution in [0.2, 0.25) is 0 Å². The normalized spacial score (nSPS) is 20.9. The predicted octanol–water partition coefficient (Wildman–Crippen LogP) is 6.90. The Bertz CT molecular complexity index is 1840. The summed E-state index contributed by atoms with van der Waals surface area (Å²) in [6.45, 7) is 10.3. The van der Waals surface area contributed by atoms with Crippen molar-refractivity contribution >= 4 is 27.5 Å². The van der Waals surface area contributed by atoms with E-state index in [1.165, 1.54) is 30.3 Å². The third-order valence-electron chi connectivity index (χ3n) is 10.2. The van der Waals surface area contributed by atoms with Gasteiger partial charge in [-0.25, -0.2) is 13.2 Å². The molecular formula is C38H44F3N5O3. The average molecular weight is 676 g/mol. The lowest BCUT2D eigenvalue weighted by atomic mass is 9.91. The second-order valence-corrected chi connectivity index (χ2v) is 13.5. The molecule has 0 spiro atoms. The number of aryl methyl sites for hydroxylation is 1. The first-order valence-electron chi connectivity index (χ1n) is 17.5. The summed E-state index contributed by atoms with van der Waals surface area (Å²) in [5, 5.41) is 15.3. The van der Waals surface area contributed by atoms with E-state index in [2.05, 4.69) is 26.7 Å². The van der Waals surface area contributed by atoms with Crippen molar-refractivity contribution in [1.29, 1.82) is 0 Å². The van der Waals surface area contributed by atoms with Crippen LogP contribution in [0.5, 0.6) is 11.8 Å². The fourth-order valence-electron chi connectivity index (χ4n) is 7.91. The number of nitrogens with zero attached hydrogens (tertiary/aromatic N) is 4. The first-order chi connectivity index (χ1) is 23.8. The van der Waals surface area contributed by atoms with E-state index in [1.807, 2.05) is 6.08 Å². The maximum Gasteiger partial charge on any atom is 0.319 e. The molecule has 0 saturated carbocycles. The van der Waals surface area contributed by atoms with Crippen LogP contribution < -0.4 is 15.0 Å². The van der Waals surface area contributed by atoms with Gasteiger partial charge in [0.2, 0.25) is 0 Å². The number of fused-ring (bicyclic) bond motifs is 4. The molecule has 2 bridgehead atoms. The number of likely N-dealkylation sites (tertiary alicyclic amines) is 1. The maximum absolute atomic E-state index is 16.9. The molecule has 2 unspecified atom stereocenters. The second kappa shape index (κ2) is 14.5. The fraction of sp³-hybridized carbons (Fsp3) is 0.474. The standard InChI is InChI=1S/C38H44F3N5O3/c1-3-5-15-48-16-7-14-45-13-6-8-26(45)22-49-38-43-36-30(37(44-38)46-20-24-10-11-25(21-46)42-24)19-32(40)34(35(36)41)29-18-27(47)17-23-9-12-31(39)28(4-2)33(23)29/h3,9,12,17-19,24-26,42,47H,1,4-8,10-11,13-16,20-22H2,2H3/t24?,25?,26-/m0/s1. The van der Waals surface area contributed by atoms with Gasteiger partial charge in [-0.05, 0) is 97.7 Å². The predicted molar refractivity (Wildman–Crippen MR) is 186 cm³/mol. The Hall–Kier alpha value is -3.93. The Morgan fingerprint density at radius 3 is 2.63 bits per heavy atom. The molecule has 3 aromatic carbocycles. The first kappa shape index (κ1) is 33.6. The summed E-state index contributed by atoms with van der Waals surface area (Å²) >= 11 is 0. The molecule has 0 amide bonds. The molecule has 0 radical (unpaired) electrons. The number of phenolic OH excluding ortho intramolecular Hbond substituents is 1. The number of rotatable bonds is 13. The lowest BCUT2D eigenvalue weighted by molar-refractivity contribution is 0.113. The number of anilines is 1. The number of hydrogen-bond acceptors (Lipinski definition) is 8. The van der Waals surface area contributed by atoms with E-state index < -0.39 is 17.5 Å². The highest BCUT2D eigenvalue weighted by Crippen LogP contribution is 2.42. The molecule has 260 valence electrons. The Morgan fingerprint density at radius 2 is 1.86 bits per heavy atom. The van der Waals surface area contributed by atoms with Crippen LogP contribution in [0.1, 0.15) is 51.0 Å². The van der Waals surface area contributed by atoms with Gasteiger partial charge in [-0.3, -0.25) is 4.90 Å². The molecule has 0 aliphatic carbocycles. The summed E-state index contributed by atoms with van der Waals surface area (Å²) in [4.78, 5) is 13.8. The summed E-state index contributed by atoms with van der Waals surface area (Å²) in [5.74, 6) is -1.96. The van der Waals surface area contributed by atoms with Crippen molar-refractivity contribution < 1.29 is 27.8 Å². The number of hydrogen-bond donors (Lipinski definition) is 2. The van der Waals surface area contributed by atoms with Crippen molar-refractivity contribution in [2.75, 3.05) is 50.9 Å². The van der Waals surface area contributed by atoms with E-state index in [-0.39, 0.29) is 51.9 Å². The molecule has 3 fully saturated rings. The summed E-state index contributed by atoms with van der Waals surface area (Å²) < 4.78 is 60.2. The summed E-state index contributed by atoms with van der Waals surface area (Å²) in [6, 6.07) is 7.57. The van der Waals surface area contributed by atoms with E-state index in [0.29, 0.717) is 61.5 Å². The molecule has 4 heterocycles. The lowest BCUT2D eigenvalue weighted by Gasteiger charge is -2.34. The number of aromatic hydroxyl groups is 1. The monoisotopic (exact) mass is 675 g/mol. The van der Waals surface area contributed by atoms with E-state index in [0.717, 1.165) is 51.6 Å². The van der Waals surface area contributed by atoms with Gasteiger partial charge < -0.3 is 24.8 Å². The van der Waals surface area contributed by atoms with Crippen molar-refractivity contribution in [3.63, 3.8) is 0 Å². The van der Waals surface area contributed by atoms with Crippen LogP contribution in [0.3, 0.4) is 0 Å². The number of aromatic nitrogens is 2. The van der Waals surface area contributed by atoms with E-state index in [1.54, 1.807) is 6.92 Å². The third kappa shape index (κ3) is 6.80. The molecule has 8 nitrogen and oxygen atoms in total. The zero-order valence-electron chi connectivity index (χ0n) is 28.0. The van der Waals surface area contributed by atoms with Gasteiger partial charge >= 0.3 is 6.01 Å². The molecule has 3 atom stereocenters. The Morgan fingerprint density at radius 1 is 1.04 bits per heavy atom. The number of piperazine rings is 1. The van der Waals surface area contributed by atoms with E-state index in [4.69, 9.17) is 14.5 Å². The zero-order valence-corrected chi connectivity index (χ0v) is 28.0. The lowest BCUT2D eigenvalue weighted by Crippen LogP contribution is -2.51. The summed E-state index contributed by atoms with van der Waals surface area (Å²) in [5.41, 5.74) is -0.0594. The van der Waals surface area contributed by atoms with Crippen LogP contribution in [0.25, 0.3) is 32.8 Å². The van der Waals surface area contributed by atoms with Gasteiger partial charge in [-0.2, -0.15) is 9.97 Å². The molecule has 7 rings (SSSR count). The van der Waals surface area contributed by atoms with Crippen molar-refractivity contribution in [1.82, 2.24) is 20.2 Å².